The molecule has 1 heterocycles. The molecule has 0 aromatic heterocycles. The summed E-state index contributed by atoms with van der Waals surface area (Å²) in [5.41, 5.74) is 2.29. The predicted octanol–water partition coefficient (Wildman–Crippen LogP) is 1.07. The van der Waals surface area contributed by atoms with Gasteiger partial charge in [0.1, 0.15) is 0 Å². The number of carbonyl (C=O) groups excluding carboxylic acids is 1. The molecule has 1 amide bonds. The second-order valence-corrected chi connectivity index (χ2v) is 5.46. The van der Waals surface area contributed by atoms with E-state index in [0.29, 0.717) is 13.0 Å². The summed E-state index contributed by atoms with van der Waals surface area (Å²) in [6.07, 6.45) is 0.433. The number of fused-ring (bicyclic) bond motifs is 1. The summed E-state index contributed by atoms with van der Waals surface area (Å²) in [5, 5.41) is 13.0. The number of aliphatic hydroxyl groups is 1. The molecule has 0 spiro atoms. The quantitative estimate of drug-likeness (QED) is 0.838. The Kier molecular flexibility index (Phi) is 3.41. The van der Waals surface area contributed by atoms with Gasteiger partial charge in [0.15, 0.2) is 0 Å². The molecule has 0 aliphatic carbocycles. The second-order valence-electron chi connectivity index (χ2n) is 5.46. The largest absolute Gasteiger partial charge is 0.389 e. The fourth-order valence-electron chi connectivity index (χ4n) is 2.31. The number of benzene rings is 1. The van der Waals surface area contributed by atoms with E-state index in [1.807, 2.05) is 19.2 Å². The van der Waals surface area contributed by atoms with E-state index >= 15 is 0 Å². The van der Waals surface area contributed by atoms with Crippen LogP contribution in [0.25, 0.3) is 0 Å². The van der Waals surface area contributed by atoms with Crippen LogP contribution in [-0.2, 0) is 17.8 Å². The minimum atomic E-state index is -0.874. The van der Waals surface area contributed by atoms with Gasteiger partial charge in [-0.05, 0) is 38.1 Å². The van der Waals surface area contributed by atoms with Gasteiger partial charge in [0.25, 0.3) is 0 Å². The summed E-state index contributed by atoms with van der Waals surface area (Å²) >= 11 is 0. The maximum atomic E-state index is 12.0. The standard InChI is InChI=1S/C14H20N2O2/c1-14(2,18)9-16-12-5-4-10(8-15-3)6-11(12)7-13(16)17/h4-6,15,18H,7-9H2,1-3H3. The number of nitrogens with one attached hydrogen (secondary N) is 1. The number of carbonyl (C=O) groups is 1. The first-order chi connectivity index (χ1) is 8.40. The van der Waals surface area contributed by atoms with Gasteiger partial charge < -0.3 is 15.3 Å². The second kappa shape index (κ2) is 4.71. The van der Waals surface area contributed by atoms with E-state index < -0.39 is 5.60 Å². The van der Waals surface area contributed by atoms with Gasteiger partial charge in [-0.3, -0.25) is 4.79 Å². The highest BCUT2D eigenvalue weighted by Gasteiger charge is 2.31. The molecule has 0 fully saturated rings. The lowest BCUT2D eigenvalue weighted by molar-refractivity contribution is -0.118. The topological polar surface area (TPSA) is 52.6 Å². The number of anilines is 1. The fourth-order valence-corrected chi connectivity index (χ4v) is 2.31. The third-order valence-electron chi connectivity index (χ3n) is 3.00. The number of rotatable bonds is 4. The molecule has 98 valence electrons. The molecule has 1 aliphatic rings. The van der Waals surface area contributed by atoms with Crippen LogP contribution in [-0.4, -0.2) is 30.2 Å². The minimum Gasteiger partial charge on any atom is -0.389 e. The fraction of sp³-hybridized carbons (Fsp3) is 0.500. The average Bonchev–Trinajstić information content (AvgIpc) is 2.53. The van der Waals surface area contributed by atoms with Crippen molar-refractivity contribution in [2.75, 3.05) is 18.5 Å². The van der Waals surface area contributed by atoms with Crippen molar-refractivity contribution in [1.82, 2.24) is 5.32 Å². The number of β-amino-alcohol motifs (C(OH)–C–C–N with tert-alkyl or cyclic N) is 1. The van der Waals surface area contributed by atoms with E-state index in [2.05, 4.69) is 11.4 Å². The van der Waals surface area contributed by atoms with Crippen molar-refractivity contribution in [3.05, 3.63) is 29.3 Å². The Morgan fingerprint density at radius 2 is 2.17 bits per heavy atom. The van der Waals surface area contributed by atoms with Crippen LogP contribution < -0.4 is 10.2 Å². The summed E-state index contributed by atoms with van der Waals surface area (Å²) < 4.78 is 0. The first-order valence-corrected chi connectivity index (χ1v) is 6.20. The molecule has 4 nitrogen and oxygen atoms in total. The van der Waals surface area contributed by atoms with E-state index in [1.54, 1.807) is 18.7 Å². The summed E-state index contributed by atoms with van der Waals surface area (Å²) in [7, 11) is 1.90. The van der Waals surface area contributed by atoms with Gasteiger partial charge >= 0.3 is 0 Å². The van der Waals surface area contributed by atoms with Crippen molar-refractivity contribution in [2.24, 2.45) is 0 Å². The molecule has 0 saturated carbocycles. The maximum absolute atomic E-state index is 12.0. The Labute approximate surface area is 108 Å². The van der Waals surface area contributed by atoms with Crippen molar-refractivity contribution in [1.29, 1.82) is 0 Å². The Morgan fingerprint density at radius 3 is 2.78 bits per heavy atom. The van der Waals surface area contributed by atoms with Crippen LogP contribution in [0.3, 0.4) is 0 Å². The van der Waals surface area contributed by atoms with Crippen molar-refractivity contribution in [3.63, 3.8) is 0 Å². The lowest BCUT2D eigenvalue weighted by Crippen LogP contribution is -2.40. The summed E-state index contributed by atoms with van der Waals surface area (Å²) in [5.74, 6) is 0.0636. The number of nitrogens with zero attached hydrogens (tertiary/aromatic N) is 1. The van der Waals surface area contributed by atoms with Crippen LogP contribution in [0.1, 0.15) is 25.0 Å². The van der Waals surface area contributed by atoms with Crippen LogP contribution in [0.15, 0.2) is 18.2 Å². The highest BCUT2D eigenvalue weighted by atomic mass is 16.3. The normalized spacial score (nSPS) is 15.1. The molecular weight excluding hydrogens is 228 g/mol. The van der Waals surface area contributed by atoms with Gasteiger partial charge in [-0.25, -0.2) is 0 Å². The van der Waals surface area contributed by atoms with Crippen LogP contribution >= 0.6 is 0 Å². The van der Waals surface area contributed by atoms with Gasteiger partial charge in [-0.1, -0.05) is 12.1 Å². The molecule has 18 heavy (non-hydrogen) atoms. The highest BCUT2D eigenvalue weighted by Crippen LogP contribution is 2.30. The summed E-state index contributed by atoms with van der Waals surface area (Å²) in [4.78, 5) is 13.7. The highest BCUT2D eigenvalue weighted by molar-refractivity contribution is 6.01. The molecule has 0 bridgehead atoms. The van der Waals surface area contributed by atoms with Crippen molar-refractivity contribution in [3.8, 4) is 0 Å². The van der Waals surface area contributed by atoms with Crippen molar-refractivity contribution < 1.29 is 9.90 Å². The predicted molar refractivity (Wildman–Crippen MR) is 71.6 cm³/mol. The first-order valence-electron chi connectivity index (χ1n) is 6.20. The molecule has 0 radical (unpaired) electrons. The Balaban J connectivity index is 2.26. The summed E-state index contributed by atoms with van der Waals surface area (Å²) in [6.45, 7) is 4.57. The summed E-state index contributed by atoms with van der Waals surface area (Å²) in [6, 6.07) is 6.05. The third-order valence-corrected chi connectivity index (χ3v) is 3.00. The van der Waals surface area contributed by atoms with E-state index in [-0.39, 0.29) is 5.91 Å². The molecular formula is C14H20N2O2. The Morgan fingerprint density at radius 1 is 1.44 bits per heavy atom. The lowest BCUT2D eigenvalue weighted by Gasteiger charge is -2.26. The van der Waals surface area contributed by atoms with Crippen molar-refractivity contribution in [2.45, 2.75) is 32.4 Å². The molecule has 0 unspecified atom stereocenters. The first kappa shape index (κ1) is 13.1. The SMILES string of the molecule is CNCc1ccc2c(c1)CC(=O)N2CC(C)(C)O. The van der Waals surface area contributed by atoms with Crippen LogP contribution in [0.5, 0.6) is 0 Å². The molecule has 0 saturated heterocycles. The van der Waals surface area contributed by atoms with E-state index in [0.717, 1.165) is 17.8 Å². The van der Waals surface area contributed by atoms with Gasteiger partial charge in [0.05, 0.1) is 18.6 Å². The van der Waals surface area contributed by atoms with Crippen LogP contribution in [0, 0.1) is 0 Å². The number of hydrogen-bond acceptors (Lipinski definition) is 3. The van der Waals surface area contributed by atoms with Crippen LogP contribution in [0.4, 0.5) is 5.69 Å². The molecule has 2 rings (SSSR count). The average molecular weight is 248 g/mol. The molecule has 1 aromatic carbocycles. The van der Waals surface area contributed by atoms with Crippen molar-refractivity contribution >= 4 is 11.6 Å². The van der Waals surface area contributed by atoms with Crippen LogP contribution in [0.2, 0.25) is 0 Å². The smallest absolute Gasteiger partial charge is 0.231 e. The monoisotopic (exact) mass is 248 g/mol. The molecule has 1 aliphatic heterocycles. The zero-order chi connectivity index (χ0) is 13.3. The Hall–Kier alpha value is -1.39. The third kappa shape index (κ3) is 2.71. The van der Waals surface area contributed by atoms with E-state index in [4.69, 9.17) is 0 Å². The zero-order valence-corrected chi connectivity index (χ0v) is 11.2. The van der Waals surface area contributed by atoms with E-state index in [9.17, 15) is 9.90 Å². The molecule has 1 aromatic rings. The van der Waals surface area contributed by atoms with Gasteiger partial charge in [0, 0.05) is 12.2 Å². The molecule has 0 atom stereocenters. The maximum Gasteiger partial charge on any atom is 0.231 e. The molecule has 2 N–H and O–H groups in total. The minimum absolute atomic E-state index is 0.0636. The van der Waals surface area contributed by atoms with Gasteiger partial charge in [-0.2, -0.15) is 0 Å². The Bertz CT molecular complexity index is 463. The number of amides is 1. The van der Waals surface area contributed by atoms with Gasteiger partial charge in [0.2, 0.25) is 5.91 Å². The van der Waals surface area contributed by atoms with E-state index in [1.165, 1.54) is 5.56 Å². The zero-order valence-electron chi connectivity index (χ0n) is 11.2. The molecule has 4 heteroatoms. The lowest BCUT2D eigenvalue weighted by atomic mass is 10.1. The van der Waals surface area contributed by atoms with Gasteiger partial charge in [-0.15, -0.1) is 0 Å². The number of hydrogen-bond donors (Lipinski definition) is 2.